The molecule has 0 aliphatic heterocycles. The van der Waals surface area contributed by atoms with Crippen LogP contribution in [0.2, 0.25) is 5.02 Å². The monoisotopic (exact) mass is 422 g/mol. The highest BCUT2D eigenvalue weighted by molar-refractivity contribution is 6.30. The van der Waals surface area contributed by atoms with Crippen molar-refractivity contribution in [2.75, 3.05) is 0 Å². The molecule has 5 nitrogen and oxygen atoms in total. The summed E-state index contributed by atoms with van der Waals surface area (Å²) in [6.07, 6.45) is 2.74. The van der Waals surface area contributed by atoms with Gasteiger partial charge in [-0.25, -0.2) is 14.4 Å². The Morgan fingerprint density at radius 2 is 1.77 bits per heavy atom. The van der Waals surface area contributed by atoms with Gasteiger partial charge >= 0.3 is 0 Å². The molecule has 0 saturated carbocycles. The molecule has 0 spiro atoms. The van der Waals surface area contributed by atoms with Crippen LogP contribution in [-0.2, 0) is 6.61 Å². The van der Waals surface area contributed by atoms with Crippen molar-refractivity contribution in [1.29, 1.82) is 0 Å². The number of rotatable bonds is 6. The van der Waals surface area contributed by atoms with Crippen molar-refractivity contribution in [2.45, 2.75) is 6.61 Å². The molecule has 3 aromatic carbocycles. The van der Waals surface area contributed by atoms with Gasteiger partial charge in [0, 0.05) is 16.7 Å². The molecule has 0 fully saturated rings. The largest absolute Gasteiger partial charge is 0.507 e. The van der Waals surface area contributed by atoms with E-state index in [2.05, 4.69) is 9.97 Å². The fourth-order valence-electron chi connectivity index (χ4n) is 2.79. The van der Waals surface area contributed by atoms with Crippen LogP contribution in [0.5, 0.6) is 23.0 Å². The van der Waals surface area contributed by atoms with Gasteiger partial charge in [0.25, 0.3) is 0 Å². The number of phenols is 1. The molecular weight excluding hydrogens is 407 g/mol. The van der Waals surface area contributed by atoms with Crippen LogP contribution in [-0.4, -0.2) is 15.1 Å². The van der Waals surface area contributed by atoms with E-state index in [0.717, 1.165) is 5.56 Å². The number of ether oxygens (including phenoxy) is 2. The van der Waals surface area contributed by atoms with E-state index in [1.165, 1.54) is 30.7 Å². The average Bonchev–Trinajstić information content (AvgIpc) is 2.76. The standard InChI is InChI=1S/C23H16ClFN2O3/c24-16-7-5-15(6-8-16)13-29-17-9-10-18(20(28)11-17)23-22(12-26-14-27-23)30-21-4-2-1-3-19(21)25/h1-12,14,28H,13H2. The molecule has 0 atom stereocenters. The Bertz CT molecular complexity index is 1170. The van der Waals surface area contributed by atoms with E-state index in [1.807, 2.05) is 12.1 Å². The van der Waals surface area contributed by atoms with Crippen molar-refractivity contribution in [1.82, 2.24) is 9.97 Å². The van der Waals surface area contributed by atoms with E-state index in [0.29, 0.717) is 28.6 Å². The Labute approximate surface area is 177 Å². The SMILES string of the molecule is Oc1cc(OCc2ccc(Cl)cc2)ccc1-c1ncncc1Oc1ccccc1F. The molecule has 1 N–H and O–H groups in total. The molecule has 4 rings (SSSR count). The minimum absolute atomic E-state index is 0.0379. The minimum Gasteiger partial charge on any atom is -0.507 e. The second kappa shape index (κ2) is 8.80. The highest BCUT2D eigenvalue weighted by Gasteiger charge is 2.15. The van der Waals surface area contributed by atoms with Crippen molar-refractivity contribution in [3.8, 4) is 34.3 Å². The number of halogens is 2. The Morgan fingerprint density at radius 3 is 2.53 bits per heavy atom. The summed E-state index contributed by atoms with van der Waals surface area (Å²) in [7, 11) is 0. The van der Waals surface area contributed by atoms with Crippen molar-refractivity contribution in [2.24, 2.45) is 0 Å². The van der Waals surface area contributed by atoms with Crippen molar-refractivity contribution in [3.63, 3.8) is 0 Å². The summed E-state index contributed by atoms with van der Waals surface area (Å²) in [6, 6.07) is 18.2. The van der Waals surface area contributed by atoms with E-state index in [9.17, 15) is 9.50 Å². The molecule has 30 heavy (non-hydrogen) atoms. The maximum absolute atomic E-state index is 13.9. The summed E-state index contributed by atoms with van der Waals surface area (Å²) in [4.78, 5) is 8.13. The number of phenolic OH excluding ortho intramolecular Hbond substituents is 1. The molecule has 0 bridgehead atoms. The molecule has 0 aliphatic carbocycles. The predicted molar refractivity (Wildman–Crippen MR) is 111 cm³/mol. The molecule has 0 aliphatic rings. The molecule has 7 heteroatoms. The zero-order chi connectivity index (χ0) is 20.9. The zero-order valence-electron chi connectivity index (χ0n) is 15.6. The summed E-state index contributed by atoms with van der Waals surface area (Å²) in [5.74, 6) is 0.170. The number of hydrogen-bond acceptors (Lipinski definition) is 5. The van der Waals surface area contributed by atoms with Gasteiger partial charge in [-0.3, -0.25) is 0 Å². The molecule has 1 heterocycles. The van der Waals surface area contributed by atoms with Gasteiger partial charge in [0.15, 0.2) is 17.3 Å². The van der Waals surface area contributed by atoms with E-state index >= 15 is 0 Å². The summed E-state index contributed by atoms with van der Waals surface area (Å²) < 4.78 is 25.3. The topological polar surface area (TPSA) is 64.5 Å². The Hall–Kier alpha value is -3.64. The first-order valence-electron chi connectivity index (χ1n) is 9.03. The zero-order valence-corrected chi connectivity index (χ0v) is 16.4. The molecule has 0 amide bonds. The molecule has 4 aromatic rings. The Morgan fingerprint density at radius 1 is 0.967 bits per heavy atom. The van der Waals surface area contributed by atoms with E-state index in [4.69, 9.17) is 21.1 Å². The van der Waals surface area contributed by atoms with Gasteiger partial charge in [0.05, 0.1) is 6.20 Å². The second-order valence-corrected chi connectivity index (χ2v) is 6.80. The first kappa shape index (κ1) is 19.7. The van der Waals surface area contributed by atoms with Gasteiger partial charge in [-0.2, -0.15) is 0 Å². The minimum atomic E-state index is -0.512. The maximum Gasteiger partial charge on any atom is 0.172 e. The molecule has 0 radical (unpaired) electrons. The third-order valence-electron chi connectivity index (χ3n) is 4.28. The van der Waals surface area contributed by atoms with Gasteiger partial charge < -0.3 is 14.6 Å². The van der Waals surface area contributed by atoms with E-state index in [-0.39, 0.29) is 17.2 Å². The van der Waals surface area contributed by atoms with Crippen LogP contribution in [0.25, 0.3) is 11.3 Å². The summed E-state index contributed by atoms with van der Waals surface area (Å²) >= 11 is 5.88. The normalized spacial score (nSPS) is 10.6. The third kappa shape index (κ3) is 4.50. The van der Waals surface area contributed by atoms with Crippen molar-refractivity contribution >= 4 is 11.6 Å². The molecule has 1 aromatic heterocycles. The fourth-order valence-corrected chi connectivity index (χ4v) is 2.91. The lowest BCUT2D eigenvalue weighted by Gasteiger charge is -2.13. The average molecular weight is 423 g/mol. The van der Waals surface area contributed by atoms with Crippen LogP contribution in [0.15, 0.2) is 79.3 Å². The first-order chi connectivity index (χ1) is 14.6. The molecular formula is C23H16ClFN2O3. The third-order valence-corrected chi connectivity index (χ3v) is 4.53. The first-order valence-corrected chi connectivity index (χ1v) is 9.41. The van der Waals surface area contributed by atoms with Gasteiger partial charge in [0.2, 0.25) is 0 Å². The Kier molecular flexibility index (Phi) is 5.77. The van der Waals surface area contributed by atoms with Crippen LogP contribution in [0.1, 0.15) is 5.56 Å². The van der Waals surface area contributed by atoms with Crippen LogP contribution in [0.4, 0.5) is 4.39 Å². The lowest BCUT2D eigenvalue weighted by atomic mass is 10.1. The molecule has 0 saturated heterocycles. The summed E-state index contributed by atoms with van der Waals surface area (Å²) in [5, 5.41) is 11.2. The summed E-state index contributed by atoms with van der Waals surface area (Å²) in [6.45, 7) is 0.325. The van der Waals surface area contributed by atoms with Gasteiger partial charge in [0.1, 0.15) is 30.1 Å². The number of benzene rings is 3. The number of aromatic nitrogens is 2. The van der Waals surface area contributed by atoms with Gasteiger partial charge in [-0.05, 0) is 42.0 Å². The smallest absolute Gasteiger partial charge is 0.172 e. The number of aromatic hydroxyl groups is 1. The quantitative estimate of drug-likeness (QED) is 0.412. The maximum atomic E-state index is 13.9. The highest BCUT2D eigenvalue weighted by Crippen LogP contribution is 2.38. The number of hydrogen-bond donors (Lipinski definition) is 1. The number of para-hydroxylation sites is 1. The summed E-state index contributed by atoms with van der Waals surface area (Å²) in [5.41, 5.74) is 1.68. The van der Waals surface area contributed by atoms with Crippen molar-refractivity contribution in [3.05, 3.63) is 95.7 Å². The van der Waals surface area contributed by atoms with Crippen LogP contribution in [0.3, 0.4) is 0 Å². The number of nitrogens with zero attached hydrogens (tertiary/aromatic N) is 2. The fraction of sp³-hybridized carbons (Fsp3) is 0.0435. The van der Waals surface area contributed by atoms with Gasteiger partial charge in [-0.15, -0.1) is 0 Å². The van der Waals surface area contributed by atoms with Crippen molar-refractivity contribution < 1.29 is 19.0 Å². The van der Waals surface area contributed by atoms with E-state index < -0.39 is 5.82 Å². The van der Waals surface area contributed by atoms with Gasteiger partial charge in [-0.1, -0.05) is 35.9 Å². The van der Waals surface area contributed by atoms with E-state index in [1.54, 1.807) is 36.4 Å². The van der Waals surface area contributed by atoms with Crippen LogP contribution < -0.4 is 9.47 Å². The second-order valence-electron chi connectivity index (χ2n) is 6.36. The molecule has 150 valence electrons. The molecule has 0 unspecified atom stereocenters. The Balaban J connectivity index is 1.56. The lowest BCUT2D eigenvalue weighted by Crippen LogP contribution is -1.97. The van der Waals surface area contributed by atoms with Crippen LogP contribution in [0, 0.1) is 5.82 Å². The predicted octanol–water partition coefficient (Wildman–Crippen LogP) is 6.01. The lowest BCUT2D eigenvalue weighted by molar-refractivity contribution is 0.304. The highest BCUT2D eigenvalue weighted by atomic mass is 35.5. The van der Waals surface area contributed by atoms with Crippen LogP contribution >= 0.6 is 11.6 Å².